The zero-order chi connectivity index (χ0) is 65.1. The van der Waals surface area contributed by atoms with Crippen LogP contribution in [0.5, 0.6) is 0 Å². The molecule has 0 radical (unpaired) electrons. The van der Waals surface area contributed by atoms with E-state index in [2.05, 4.69) is 51.4 Å². The van der Waals surface area contributed by atoms with Crippen LogP contribution in [0.15, 0.2) is 117 Å². The van der Waals surface area contributed by atoms with E-state index in [1.54, 1.807) is 40.3 Å². The lowest BCUT2D eigenvalue weighted by Gasteiger charge is -2.40. The van der Waals surface area contributed by atoms with E-state index in [0.29, 0.717) is 106 Å². The lowest BCUT2D eigenvalue weighted by Crippen LogP contribution is -2.49. The summed E-state index contributed by atoms with van der Waals surface area (Å²) in [7, 11) is -9.62. The molecule has 3 aliphatic carbocycles. The van der Waals surface area contributed by atoms with E-state index in [1.165, 1.54) is 62.7 Å². The van der Waals surface area contributed by atoms with E-state index >= 15 is 0 Å². The van der Waals surface area contributed by atoms with Crippen LogP contribution in [0, 0.1) is 16.2 Å². The number of nitrogens with one attached hydrogen (secondary N) is 4. The number of hydrogen-bond donors (Lipinski definition) is 4. The van der Waals surface area contributed by atoms with Gasteiger partial charge in [-0.15, -0.1) is 11.8 Å². The number of piperazine rings is 2. The maximum atomic E-state index is 14.5. The molecule has 2 atom stereocenters. The van der Waals surface area contributed by atoms with Crippen molar-refractivity contribution in [2.75, 3.05) is 100 Å². The summed E-state index contributed by atoms with van der Waals surface area (Å²) in [5, 5.41) is 8.70. The number of thioether (sulfide) groups is 1. The average Bonchev–Trinajstić information content (AvgIpc) is 1.46. The third kappa shape index (κ3) is 15.2. The number of amides is 5. The number of sulfone groups is 1. The fourth-order valence-corrected chi connectivity index (χ4v) is 16.5. The molecule has 2 saturated heterocycles. The zero-order valence-corrected chi connectivity index (χ0v) is 54.5. The van der Waals surface area contributed by atoms with Crippen LogP contribution in [-0.4, -0.2) is 175 Å². The first-order valence-electron chi connectivity index (χ1n) is 31.4. The van der Waals surface area contributed by atoms with Gasteiger partial charge in [0, 0.05) is 126 Å². The van der Waals surface area contributed by atoms with E-state index in [1.807, 2.05) is 35.1 Å². The fourth-order valence-electron chi connectivity index (χ4n) is 13.5. The van der Waals surface area contributed by atoms with Gasteiger partial charge in [0.2, 0.25) is 11.8 Å². The van der Waals surface area contributed by atoms with Crippen LogP contribution in [0.2, 0.25) is 0 Å². The third-order valence-electron chi connectivity index (χ3n) is 19.3. The zero-order valence-electron chi connectivity index (χ0n) is 52.0. The number of unbranched alkanes of at least 4 members (excludes halogenated alkanes) is 2. The molecule has 4 aromatic carbocycles. The van der Waals surface area contributed by atoms with Crippen molar-refractivity contribution in [2.24, 2.45) is 16.2 Å². The second-order valence-corrected chi connectivity index (χ2v) is 30.8. The molecule has 6 aliphatic rings. The highest BCUT2D eigenvalue weighted by Gasteiger charge is 2.81. The minimum Gasteiger partial charge on any atom is -0.384 e. The van der Waals surface area contributed by atoms with Crippen molar-refractivity contribution in [1.82, 2.24) is 29.6 Å². The van der Waals surface area contributed by atoms with Gasteiger partial charge in [0.05, 0.1) is 27.8 Å². The first-order valence-corrected chi connectivity index (χ1v) is 35.4. The average molecular weight is 1310 g/mol. The Labute approximate surface area is 535 Å². The Morgan fingerprint density at radius 1 is 0.769 bits per heavy atom. The monoisotopic (exact) mass is 1310 g/mol. The third-order valence-corrected chi connectivity index (χ3v) is 23.3. The number of sulfonamides is 1. The first-order chi connectivity index (χ1) is 43.2. The highest BCUT2D eigenvalue weighted by atomic mass is 32.2. The Morgan fingerprint density at radius 3 is 2.12 bits per heavy atom. The Bertz CT molecular complexity index is 3660. The smallest absolute Gasteiger partial charge is 0.384 e. The lowest BCUT2D eigenvalue weighted by atomic mass is 9.71. The summed E-state index contributed by atoms with van der Waals surface area (Å²) in [4.78, 5) is 85.5. The van der Waals surface area contributed by atoms with Crippen LogP contribution in [0.1, 0.15) is 129 Å². The van der Waals surface area contributed by atoms with Gasteiger partial charge in [0.25, 0.3) is 37.6 Å². The van der Waals surface area contributed by atoms with Crippen molar-refractivity contribution < 1.29 is 58.8 Å². The molecule has 4 aromatic rings. The molecule has 4 fully saturated rings. The number of aldehydes is 1. The number of allylic oxidation sites excluding steroid dienone is 1. The summed E-state index contributed by atoms with van der Waals surface area (Å²) in [6.45, 7) is 14.2. The van der Waals surface area contributed by atoms with Crippen LogP contribution < -0.4 is 25.6 Å². The van der Waals surface area contributed by atoms with Crippen LogP contribution in [-0.2, 0) is 34.2 Å². The summed E-state index contributed by atoms with van der Waals surface area (Å²) >= 11 is 1.40. The first kappa shape index (κ1) is 67.1. The van der Waals surface area contributed by atoms with Gasteiger partial charge >= 0.3 is 5.51 Å². The SMILES string of the molecule is CNC(=O)CCC(C=O)N1C(=O)c2cccc(NCCCCCC(=O)N3CCN(CCC(CSc4ccccc4)Nc4ccc(S(=O)(=O)NC(=O)c5ccc(N6CCN(CC7=C(C89CC8(C)C9)CC(C)(C)CC7)CC6)cc5)cc4S(=O)(=O)C(F)(F)F)CC3)c2C1=O. The summed E-state index contributed by atoms with van der Waals surface area (Å²) in [6, 6.07) is 21.2. The summed E-state index contributed by atoms with van der Waals surface area (Å²) in [5.74, 6) is -2.33. The van der Waals surface area contributed by atoms with Gasteiger partial charge in [-0.05, 0) is 141 Å². The number of halogens is 3. The number of alkyl halides is 3. The van der Waals surface area contributed by atoms with Crippen molar-refractivity contribution >= 4 is 84.5 Å². The van der Waals surface area contributed by atoms with Crippen molar-refractivity contribution in [2.45, 2.75) is 130 Å². The second kappa shape index (κ2) is 27.4. The number of benzene rings is 4. The number of carbonyl (C=O) groups is 6. The van der Waals surface area contributed by atoms with Gasteiger partial charge < -0.3 is 30.5 Å². The minimum absolute atomic E-state index is 0.00669. The van der Waals surface area contributed by atoms with Crippen LogP contribution in [0.25, 0.3) is 0 Å². The summed E-state index contributed by atoms with van der Waals surface area (Å²) < 4.78 is 99.8. The molecule has 4 N–H and O–H groups in total. The number of nitrogens with zero attached hydrogens (tertiary/aromatic N) is 5. The number of anilines is 3. The molecule has 3 heterocycles. The number of carbonyl (C=O) groups excluding carboxylic acids is 6. The van der Waals surface area contributed by atoms with E-state index in [0.717, 1.165) is 66.8 Å². The molecule has 25 heteroatoms. The molecule has 19 nitrogen and oxygen atoms in total. The molecule has 0 bridgehead atoms. The van der Waals surface area contributed by atoms with Crippen LogP contribution in [0.4, 0.5) is 30.2 Å². The Morgan fingerprint density at radius 2 is 1.46 bits per heavy atom. The molecular weight excluding hydrogens is 1230 g/mol. The van der Waals surface area contributed by atoms with Gasteiger partial charge in [-0.3, -0.25) is 38.7 Å². The number of fused-ring (bicyclic) bond motifs is 2. The van der Waals surface area contributed by atoms with E-state index in [4.69, 9.17) is 0 Å². The lowest BCUT2D eigenvalue weighted by molar-refractivity contribution is -0.133. The molecular formula is C66H82F3N9O10S3. The molecule has 490 valence electrons. The predicted molar refractivity (Wildman–Crippen MR) is 343 cm³/mol. The Kier molecular flexibility index (Phi) is 20.2. The van der Waals surface area contributed by atoms with E-state index < -0.39 is 70.7 Å². The Balaban J connectivity index is 0.709. The van der Waals surface area contributed by atoms with Gasteiger partial charge in [-0.25, -0.2) is 21.6 Å². The molecule has 5 amide bonds. The maximum Gasteiger partial charge on any atom is 0.501 e. The van der Waals surface area contributed by atoms with Gasteiger partial charge in [0.15, 0.2) is 0 Å². The topological polar surface area (TPSA) is 235 Å². The molecule has 91 heavy (non-hydrogen) atoms. The minimum atomic E-state index is -6.16. The van der Waals surface area contributed by atoms with Crippen molar-refractivity contribution in [3.63, 3.8) is 0 Å². The molecule has 0 aromatic heterocycles. The molecule has 2 saturated carbocycles. The number of imide groups is 1. The number of hydrogen-bond acceptors (Lipinski definition) is 16. The van der Waals surface area contributed by atoms with Crippen LogP contribution in [0.3, 0.4) is 0 Å². The quantitative estimate of drug-likeness (QED) is 0.0137. The Hall–Kier alpha value is -6.80. The molecule has 2 unspecified atom stereocenters. The largest absolute Gasteiger partial charge is 0.501 e. The fraction of sp³-hybridized carbons (Fsp3) is 0.515. The van der Waals surface area contributed by atoms with Crippen molar-refractivity contribution in [1.29, 1.82) is 0 Å². The van der Waals surface area contributed by atoms with Crippen molar-refractivity contribution in [3.05, 3.63) is 119 Å². The van der Waals surface area contributed by atoms with Crippen molar-refractivity contribution in [3.8, 4) is 0 Å². The summed E-state index contributed by atoms with van der Waals surface area (Å²) in [5.41, 5.74) is -0.0188. The highest BCUT2D eigenvalue weighted by Crippen LogP contribution is 2.90. The predicted octanol–water partition coefficient (Wildman–Crippen LogP) is 9.00. The molecule has 3 aliphatic heterocycles. The van der Waals surface area contributed by atoms with E-state index in [-0.39, 0.29) is 47.1 Å². The second-order valence-electron chi connectivity index (χ2n) is 26.1. The molecule has 10 rings (SSSR count). The van der Waals surface area contributed by atoms with Gasteiger partial charge in [-0.1, -0.05) is 62.6 Å². The highest BCUT2D eigenvalue weighted by molar-refractivity contribution is 7.99. The van der Waals surface area contributed by atoms with Crippen LogP contribution >= 0.6 is 11.8 Å². The maximum absolute atomic E-state index is 14.5. The summed E-state index contributed by atoms with van der Waals surface area (Å²) in [6.07, 6.45) is 9.16. The van der Waals surface area contributed by atoms with Gasteiger partial charge in [-0.2, -0.15) is 13.2 Å². The number of rotatable bonds is 28. The van der Waals surface area contributed by atoms with E-state index in [9.17, 15) is 58.8 Å². The van der Waals surface area contributed by atoms with Gasteiger partial charge in [0.1, 0.15) is 11.2 Å². The normalized spacial score (nSPS) is 21.6. The standard InChI is InChI=1S/C66H82F3N9O10S3/c1-63(2)27-25-46(53(39-63)65-43-64(65,3)44-65)40-75-32-34-76(35-33-75)48-19-17-45(18-20-48)60(82)73-91(87,88)51-22-23-54(56(38-51)90(85,86)66(67,68)69)72-47(42-89-50-12-7-5-8-13-50)26-29-74-30-36-77(37-31-74)58(81)16-9-6-10-28-71-55-15-11-14-52-59(55)62(84)78(61(52)83)49(41-79)21-24-57(80)70-4/h5,7-8,11-15,17-20,22-23,38,41,47,49,71-72H,6,9-10,16,21,24-37,39-40,42-44H2,1-4H3,(H,70,80)(H,73,82). The molecule has 0 spiro atoms.